The van der Waals surface area contributed by atoms with Crippen LogP contribution < -0.4 is 4.74 Å². The molecule has 3 aromatic rings. The molecule has 0 N–H and O–H groups in total. The first-order valence-electron chi connectivity index (χ1n) is 6.76. The first-order valence-corrected chi connectivity index (χ1v) is 7.88. The number of hydrogen-bond donors (Lipinski definition) is 0. The monoisotopic (exact) mass is 342 g/mol. The number of hydrogen-bond acceptors (Lipinski definition) is 3. The summed E-state index contributed by atoms with van der Waals surface area (Å²) in [6.45, 7) is 2.49. The molecule has 4 heteroatoms. The van der Waals surface area contributed by atoms with Gasteiger partial charge < -0.3 is 4.74 Å². The molecule has 3 nitrogen and oxygen atoms in total. The third-order valence-corrected chi connectivity index (χ3v) is 3.85. The van der Waals surface area contributed by atoms with Gasteiger partial charge in [0.05, 0.1) is 11.2 Å². The van der Waals surface area contributed by atoms with Gasteiger partial charge in [0.15, 0.2) is 0 Å². The Hall–Kier alpha value is -1.94. The van der Waals surface area contributed by atoms with Crippen LogP contribution in [0, 0.1) is 6.92 Å². The molecule has 0 aliphatic carbocycles. The van der Waals surface area contributed by atoms with Crippen LogP contribution in [0.1, 0.15) is 17.0 Å². The number of halogens is 1. The van der Waals surface area contributed by atoms with E-state index in [9.17, 15) is 0 Å². The third-order valence-electron chi connectivity index (χ3n) is 3.32. The second-order valence-corrected chi connectivity index (χ2v) is 5.37. The lowest BCUT2D eigenvalue weighted by molar-refractivity contribution is 0.303. The van der Waals surface area contributed by atoms with Crippen LogP contribution in [-0.2, 0) is 11.9 Å². The fourth-order valence-electron chi connectivity index (χ4n) is 2.26. The molecule has 106 valence electrons. The van der Waals surface area contributed by atoms with Crippen molar-refractivity contribution in [3.05, 3.63) is 65.6 Å². The van der Waals surface area contributed by atoms with E-state index in [1.54, 1.807) is 0 Å². The maximum absolute atomic E-state index is 5.96. The number of alkyl halides is 1. The normalized spacial score (nSPS) is 10.8. The number of para-hydroxylation sites is 1. The molecule has 2 aromatic heterocycles. The summed E-state index contributed by atoms with van der Waals surface area (Å²) in [6, 6.07) is 14.0. The first-order chi connectivity index (χ1) is 10.3. The number of pyridine rings is 2. The second kappa shape index (κ2) is 6.22. The van der Waals surface area contributed by atoms with Gasteiger partial charge in [-0.3, -0.25) is 9.97 Å². The molecule has 0 saturated heterocycles. The minimum absolute atomic E-state index is 0.508. The topological polar surface area (TPSA) is 35.0 Å². The van der Waals surface area contributed by atoms with Gasteiger partial charge in [0, 0.05) is 28.2 Å². The Kier molecular flexibility index (Phi) is 4.15. The van der Waals surface area contributed by atoms with Crippen molar-refractivity contribution in [3.8, 4) is 5.75 Å². The summed E-state index contributed by atoms with van der Waals surface area (Å²) in [5.74, 6) is 0.818. The predicted octanol–water partition coefficient (Wildman–Crippen LogP) is 4.41. The Labute approximate surface area is 132 Å². The average Bonchev–Trinajstić information content (AvgIpc) is 2.53. The highest BCUT2D eigenvalue weighted by Crippen LogP contribution is 2.23. The van der Waals surface area contributed by atoms with Crippen LogP contribution >= 0.6 is 15.9 Å². The highest BCUT2D eigenvalue weighted by atomic mass is 79.9. The van der Waals surface area contributed by atoms with E-state index in [1.807, 2.05) is 49.5 Å². The zero-order valence-corrected chi connectivity index (χ0v) is 13.3. The number of ether oxygens (including phenoxy) is 1. The van der Waals surface area contributed by atoms with Crippen molar-refractivity contribution in [3.63, 3.8) is 0 Å². The molecule has 2 heterocycles. The predicted molar refractivity (Wildman–Crippen MR) is 87.7 cm³/mol. The van der Waals surface area contributed by atoms with Crippen LogP contribution in [0.2, 0.25) is 0 Å². The van der Waals surface area contributed by atoms with Crippen LogP contribution in [0.5, 0.6) is 5.75 Å². The number of aromatic nitrogens is 2. The Balaban J connectivity index is 1.87. The molecule has 0 aliphatic rings. The highest BCUT2D eigenvalue weighted by Gasteiger charge is 2.07. The number of benzene rings is 1. The van der Waals surface area contributed by atoms with Crippen molar-refractivity contribution in [1.29, 1.82) is 0 Å². The van der Waals surface area contributed by atoms with Gasteiger partial charge in [0.2, 0.25) is 0 Å². The van der Waals surface area contributed by atoms with E-state index in [2.05, 4.69) is 32.0 Å². The standard InChI is InChI=1S/C17H15BrN2O/c1-12-6-7-17(16(10-18)20-12)21-11-13-8-9-19-15-5-3-2-4-14(13)15/h2-9H,10-11H2,1H3. The average molecular weight is 343 g/mol. The fraction of sp³-hybridized carbons (Fsp3) is 0.176. The van der Waals surface area contributed by atoms with Crippen molar-refractivity contribution in [2.45, 2.75) is 18.9 Å². The summed E-state index contributed by atoms with van der Waals surface area (Å²) in [6.07, 6.45) is 1.82. The Morgan fingerprint density at radius 3 is 2.81 bits per heavy atom. The molecule has 0 unspecified atom stereocenters. The van der Waals surface area contributed by atoms with E-state index in [0.717, 1.165) is 33.6 Å². The van der Waals surface area contributed by atoms with Gasteiger partial charge >= 0.3 is 0 Å². The minimum Gasteiger partial charge on any atom is -0.487 e. The van der Waals surface area contributed by atoms with Gasteiger partial charge in [-0.15, -0.1) is 0 Å². The van der Waals surface area contributed by atoms with Gasteiger partial charge in [0.1, 0.15) is 12.4 Å². The maximum atomic E-state index is 5.96. The summed E-state index contributed by atoms with van der Waals surface area (Å²) >= 11 is 3.46. The Morgan fingerprint density at radius 1 is 1.10 bits per heavy atom. The van der Waals surface area contributed by atoms with Crippen molar-refractivity contribution >= 4 is 26.8 Å². The van der Waals surface area contributed by atoms with E-state index in [0.29, 0.717) is 11.9 Å². The summed E-state index contributed by atoms with van der Waals surface area (Å²) in [4.78, 5) is 8.85. The van der Waals surface area contributed by atoms with Crippen LogP contribution in [-0.4, -0.2) is 9.97 Å². The van der Waals surface area contributed by atoms with Crippen molar-refractivity contribution < 1.29 is 4.74 Å². The summed E-state index contributed by atoms with van der Waals surface area (Å²) < 4.78 is 5.96. The third kappa shape index (κ3) is 3.05. The molecule has 1 aromatic carbocycles. The molecule has 0 radical (unpaired) electrons. The molecular weight excluding hydrogens is 328 g/mol. The number of aryl methyl sites for hydroxylation is 1. The summed E-state index contributed by atoms with van der Waals surface area (Å²) in [5, 5.41) is 1.81. The molecule has 0 aliphatic heterocycles. The van der Waals surface area contributed by atoms with Crippen LogP contribution in [0.4, 0.5) is 0 Å². The lowest BCUT2D eigenvalue weighted by atomic mass is 10.1. The van der Waals surface area contributed by atoms with E-state index in [4.69, 9.17) is 4.74 Å². The van der Waals surface area contributed by atoms with Gasteiger partial charge in [-0.1, -0.05) is 34.1 Å². The van der Waals surface area contributed by atoms with E-state index < -0.39 is 0 Å². The lowest BCUT2D eigenvalue weighted by Crippen LogP contribution is -2.01. The van der Waals surface area contributed by atoms with Crippen LogP contribution in [0.25, 0.3) is 10.9 Å². The molecule has 0 fully saturated rings. The molecule has 3 rings (SSSR count). The number of fused-ring (bicyclic) bond motifs is 1. The summed E-state index contributed by atoms with van der Waals surface area (Å²) in [5.41, 5.74) is 4.03. The minimum atomic E-state index is 0.508. The SMILES string of the molecule is Cc1ccc(OCc2ccnc3ccccc23)c(CBr)n1. The van der Waals surface area contributed by atoms with Gasteiger partial charge in [-0.2, -0.15) is 0 Å². The maximum Gasteiger partial charge on any atom is 0.142 e. The Bertz CT molecular complexity index is 768. The van der Waals surface area contributed by atoms with Gasteiger partial charge in [-0.05, 0) is 31.2 Å². The highest BCUT2D eigenvalue weighted by molar-refractivity contribution is 9.08. The fourth-order valence-corrected chi connectivity index (χ4v) is 2.66. The molecular formula is C17H15BrN2O. The van der Waals surface area contributed by atoms with Gasteiger partial charge in [-0.25, -0.2) is 0 Å². The second-order valence-electron chi connectivity index (χ2n) is 4.81. The van der Waals surface area contributed by atoms with Crippen molar-refractivity contribution in [1.82, 2.24) is 9.97 Å². The van der Waals surface area contributed by atoms with Crippen LogP contribution in [0.15, 0.2) is 48.7 Å². The van der Waals surface area contributed by atoms with Crippen molar-refractivity contribution in [2.24, 2.45) is 0 Å². The summed E-state index contributed by atoms with van der Waals surface area (Å²) in [7, 11) is 0. The van der Waals surface area contributed by atoms with E-state index in [1.165, 1.54) is 0 Å². The van der Waals surface area contributed by atoms with E-state index >= 15 is 0 Å². The molecule has 0 bridgehead atoms. The Morgan fingerprint density at radius 2 is 1.95 bits per heavy atom. The van der Waals surface area contributed by atoms with Gasteiger partial charge in [0.25, 0.3) is 0 Å². The molecule has 21 heavy (non-hydrogen) atoms. The smallest absolute Gasteiger partial charge is 0.142 e. The van der Waals surface area contributed by atoms with E-state index in [-0.39, 0.29) is 0 Å². The molecule has 0 spiro atoms. The lowest BCUT2D eigenvalue weighted by Gasteiger charge is -2.11. The van der Waals surface area contributed by atoms with Crippen molar-refractivity contribution in [2.75, 3.05) is 0 Å². The molecule has 0 amide bonds. The number of rotatable bonds is 4. The molecule has 0 saturated carbocycles. The first kappa shape index (κ1) is 14.0. The largest absolute Gasteiger partial charge is 0.487 e. The van der Waals surface area contributed by atoms with Crippen LogP contribution in [0.3, 0.4) is 0 Å². The number of nitrogens with zero attached hydrogens (tertiary/aromatic N) is 2. The zero-order valence-electron chi connectivity index (χ0n) is 11.7. The zero-order chi connectivity index (χ0) is 14.7. The molecule has 0 atom stereocenters. The quantitative estimate of drug-likeness (QED) is 0.658.